The minimum atomic E-state index is -0.282. The van der Waals surface area contributed by atoms with Crippen LogP contribution in [0.2, 0.25) is 0 Å². The van der Waals surface area contributed by atoms with Gasteiger partial charge in [0.2, 0.25) is 5.91 Å². The van der Waals surface area contributed by atoms with Gasteiger partial charge in [-0.25, -0.2) is 5.84 Å². The van der Waals surface area contributed by atoms with Crippen LogP contribution in [-0.2, 0) is 10.5 Å². The van der Waals surface area contributed by atoms with Crippen molar-refractivity contribution in [2.75, 3.05) is 12.3 Å². The van der Waals surface area contributed by atoms with E-state index in [1.54, 1.807) is 6.07 Å². The minimum absolute atomic E-state index is 0.0361. The molecule has 5 nitrogen and oxygen atoms in total. The number of hydrogen-bond acceptors (Lipinski definition) is 5. The van der Waals surface area contributed by atoms with Crippen LogP contribution in [0, 0.1) is 0 Å². The molecule has 94 valence electrons. The summed E-state index contributed by atoms with van der Waals surface area (Å²) in [6.07, 6.45) is 0. The van der Waals surface area contributed by atoms with Crippen LogP contribution in [0.15, 0.2) is 12.1 Å². The maximum absolute atomic E-state index is 11.2. The van der Waals surface area contributed by atoms with Crippen molar-refractivity contribution in [3.05, 3.63) is 21.9 Å². The zero-order chi connectivity index (χ0) is 12.7. The van der Waals surface area contributed by atoms with Gasteiger partial charge in [0.25, 0.3) is 5.91 Å². The normalized spacial score (nSPS) is 10.0. The molecule has 0 aromatic carbocycles. The monoisotopic (exact) mass is 273 g/mol. The van der Waals surface area contributed by atoms with E-state index in [-0.39, 0.29) is 11.8 Å². The highest BCUT2D eigenvalue weighted by Gasteiger charge is 2.08. The average Bonchev–Trinajstić information content (AvgIpc) is 2.77. The molecule has 0 aliphatic rings. The highest BCUT2D eigenvalue weighted by Crippen LogP contribution is 2.21. The number of hydrazine groups is 1. The van der Waals surface area contributed by atoms with Crippen LogP contribution in [-0.4, -0.2) is 24.1 Å². The lowest BCUT2D eigenvalue weighted by atomic mass is 10.4. The van der Waals surface area contributed by atoms with E-state index in [1.807, 2.05) is 13.0 Å². The third-order valence-corrected chi connectivity index (χ3v) is 4.12. The van der Waals surface area contributed by atoms with Crippen LogP contribution < -0.4 is 16.6 Å². The summed E-state index contributed by atoms with van der Waals surface area (Å²) in [5, 5.41) is 2.73. The van der Waals surface area contributed by atoms with E-state index < -0.39 is 0 Å². The second-order valence-corrected chi connectivity index (χ2v) is 5.34. The smallest absolute Gasteiger partial charge is 0.275 e. The largest absolute Gasteiger partial charge is 0.356 e. The number of nitrogen functional groups attached to an aromatic ring is 1. The average molecular weight is 273 g/mol. The van der Waals surface area contributed by atoms with E-state index in [1.165, 1.54) is 23.1 Å². The van der Waals surface area contributed by atoms with Crippen LogP contribution in [0.3, 0.4) is 0 Å². The third-order valence-electron chi connectivity index (χ3n) is 1.87. The number of amides is 2. The number of carbonyl (C=O) groups is 2. The zero-order valence-corrected chi connectivity index (χ0v) is 11.1. The molecule has 1 aromatic rings. The molecule has 2 amide bonds. The van der Waals surface area contributed by atoms with Crippen molar-refractivity contribution in [2.45, 2.75) is 12.7 Å². The summed E-state index contributed by atoms with van der Waals surface area (Å²) >= 11 is 2.91. The van der Waals surface area contributed by atoms with Crippen molar-refractivity contribution < 1.29 is 9.59 Å². The molecule has 0 saturated heterocycles. The van der Waals surface area contributed by atoms with Crippen molar-refractivity contribution in [3.8, 4) is 0 Å². The van der Waals surface area contributed by atoms with Crippen molar-refractivity contribution in [1.29, 1.82) is 0 Å². The maximum Gasteiger partial charge on any atom is 0.275 e. The van der Waals surface area contributed by atoms with E-state index in [0.29, 0.717) is 17.2 Å². The first-order chi connectivity index (χ1) is 8.17. The molecule has 1 rings (SSSR count). The summed E-state index contributed by atoms with van der Waals surface area (Å²) in [5.41, 5.74) is 2.09. The Morgan fingerprint density at radius 3 is 2.88 bits per heavy atom. The van der Waals surface area contributed by atoms with Gasteiger partial charge in [0.1, 0.15) is 0 Å². The second-order valence-electron chi connectivity index (χ2n) is 3.19. The fraction of sp³-hybridized carbons (Fsp3) is 0.400. The Morgan fingerprint density at radius 1 is 1.47 bits per heavy atom. The van der Waals surface area contributed by atoms with Gasteiger partial charge in [0.15, 0.2) is 0 Å². The van der Waals surface area contributed by atoms with Gasteiger partial charge in [-0.2, -0.15) is 0 Å². The summed E-state index contributed by atoms with van der Waals surface area (Å²) in [6.45, 7) is 2.54. The minimum Gasteiger partial charge on any atom is -0.356 e. The molecule has 0 unspecified atom stereocenters. The molecule has 0 aliphatic carbocycles. The predicted molar refractivity (Wildman–Crippen MR) is 70.8 cm³/mol. The Labute approximate surface area is 108 Å². The maximum atomic E-state index is 11.2. The van der Waals surface area contributed by atoms with E-state index in [9.17, 15) is 9.59 Å². The Kier molecular flexibility index (Phi) is 6.03. The molecule has 0 bridgehead atoms. The Morgan fingerprint density at radius 2 is 2.24 bits per heavy atom. The molecule has 4 N–H and O–H groups in total. The lowest BCUT2D eigenvalue weighted by molar-refractivity contribution is -0.118. The molecular formula is C10H15N3O2S2. The SMILES string of the molecule is CCNC(=O)CSCc1ccc(C(=O)NN)s1. The Hall–Kier alpha value is -1.05. The molecule has 0 radical (unpaired) electrons. The summed E-state index contributed by atoms with van der Waals surface area (Å²) in [6, 6.07) is 3.61. The van der Waals surface area contributed by atoms with Gasteiger partial charge in [0.05, 0.1) is 10.6 Å². The fourth-order valence-electron chi connectivity index (χ4n) is 1.14. The van der Waals surface area contributed by atoms with Crippen LogP contribution >= 0.6 is 23.1 Å². The molecule has 1 heterocycles. The quantitative estimate of drug-likeness (QED) is 0.405. The van der Waals surface area contributed by atoms with Crippen LogP contribution in [0.4, 0.5) is 0 Å². The van der Waals surface area contributed by atoms with Gasteiger partial charge in [0, 0.05) is 17.2 Å². The number of hydrogen-bond donors (Lipinski definition) is 3. The van der Waals surface area contributed by atoms with Gasteiger partial charge in [-0.1, -0.05) is 0 Å². The number of nitrogens with two attached hydrogens (primary N) is 1. The molecular weight excluding hydrogens is 258 g/mol. The number of rotatable bonds is 6. The number of thioether (sulfide) groups is 1. The van der Waals surface area contributed by atoms with Crippen LogP contribution in [0.1, 0.15) is 21.5 Å². The standard InChI is InChI=1S/C10H15N3O2S2/c1-2-12-9(14)6-16-5-7-3-4-8(17-7)10(15)13-11/h3-4H,2,5-6,11H2,1H3,(H,12,14)(H,13,15). The summed E-state index contributed by atoms with van der Waals surface area (Å²) in [4.78, 5) is 24.0. The van der Waals surface area contributed by atoms with E-state index in [2.05, 4.69) is 10.7 Å². The first-order valence-electron chi connectivity index (χ1n) is 5.11. The van der Waals surface area contributed by atoms with Gasteiger partial charge in [-0.15, -0.1) is 23.1 Å². The molecule has 0 fully saturated rings. The molecule has 7 heteroatoms. The van der Waals surface area contributed by atoms with E-state index in [4.69, 9.17) is 5.84 Å². The summed E-state index contributed by atoms with van der Waals surface area (Å²) in [7, 11) is 0. The summed E-state index contributed by atoms with van der Waals surface area (Å²) in [5.74, 6) is 5.95. The Bertz CT molecular complexity index is 393. The van der Waals surface area contributed by atoms with Gasteiger partial charge >= 0.3 is 0 Å². The van der Waals surface area contributed by atoms with E-state index >= 15 is 0 Å². The highest BCUT2D eigenvalue weighted by atomic mass is 32.2. The van der Waals surface area contributed by atoms with Crippen molar-refractivity contribution in [3.63, 3.8) is 0 Å². The molecule has 1 aromatic heterocycles. The highest BCUT2D eigenvalue weighted by molar-refractivity contribution is 7.99. The topological polar surface area (TPSA) is 84.2 Å². The fourth-order valence-corrected chi connectivity index (χ4v) is 3.02. The molecule has 0 atom stereocenters. The van der Waals surface area contributed by atoms with Gasteiger partial charge < -0.3 is 5.32 Å². The van der Waals surface area contributed by atoms with Gasteiger partial charge in [-0.05, 0) is 19.1 Å². The van der Waals surface area contributed by atoms with Crippen LogP contribution in [0.25, 0.3) is 0 Å². The Balaban J connectivity index is 2.35. The summed E-state index contributed by atoms with van der Waals surface area (Å²) < 4.78 is 0. The van der Waals surface area contributed by atoms with Crippen molar-refractivity contribution in [1.82, 2.24) is 10.7 Å². The number of carbonyl (C=O) groups excluding carboxylic acids is 2. The number of nitrogens with one attached hydrogen (secondary N) is 2. The predicted octanol–water partition coefficient (Wildman–Crippen LogP) is 0.721. The lowest BCUT2D eigenvalue weighted by Crippen LogP contribution is -2.29. The van der Waals surface area contributed by atoms with Crippen molar-refractivity contribution >= 4 is 34.9 Å². The molecule has 0 aliphatic heterocycles. The first-order valence-corrected chi connectivity index (χ1v) is 7.08. The number of thiophene rings is 1. The van der Waals surface area contributed by atoms with Crippen molar-refractivity contribution in [2.24, 2.45) is 5.84 Å². The molecule has 0 saturated carbocycles. The second kappa shape index (κ2) is 7.31. The molecule has 0 spiro atoms. The lowest BCUT2D eigenvalue weighted by Gasteiger charge is -2.00. The van der Waals surface area contributed by atoms with Gasteiger partial charge in [-0.3, -0.25) is 15.0 Å². The third kappa shape index (κ3) is 4.76. The first kappa shape index (κ1) is 14.0. The molecule has 17 heavy (non-hydrogen) atoms. The van der Waals surface area contributed by atoms with Crippen LogP contribution in [0.5, 0.6) is 0 Å². The zero-order valence-electron chi connectivity index (χ0n) is 9.49. The van der Waals surface area contributed by atoms with E-state index in [0.717, 1.165) is 10.6 Å².